The fourth-order valence-electron chi connectivity index (χ4n) is 1.53. The van der Waals surface area contributed by atoms with E-state index in [-0.39, 0.29) is 18.6 Å². The van der Waals surface area contributed by atoms with Crippen molar-refractivity contribution < 1.29 is 14.9 Å². The van der Waals surface area contributed by atoms with Crippen molar-refractivity contribution >= 4 is 11.6 Å². The molecule has 0 aromatic heterocycles. The van der Waals surface area contributed by atoms with E-state index in [4.69, 9.17) is 26.5 Å². The predicted molar refractivity (Wildman–Crippen MR) is 51.8 cm³/mol. The van der Waals surface area contributed by atoms with Gasteiger partial charge in [-0.25, -0.2) is 9.78 Å². The van der Waals surface area contributed by atoms with Crippen LogP contribution in [0.2, 0.25) is 5.02 Å². The number of benzene rings is 1. The molecule has 1 saturated heterocycles. The highest BCUT2D eigenvalue weighted by Gasteiger charge is 2.32. The second kappa shape index (κ2) is 4.28. The van der Waals surface area contributed by atoms with Gasteiger partial charge in [-0.1, -0.05) is 29.8 Å². The minimum atomic E-state index is -0.256. The molecule has 0 amide bonds. The van der Waals surface area contributed by atoms with E-state index in [9.17, 15) is 0 Å². The fourth-order valence-corrected chi connectivity index (χ4v) is 1.77. The van der Waals surface area contributed by atoms with Crippen LogP contribution in [0.1, 0.15) is 11.7 Å². The van der Waals surface area contributed by atoms with Crippen LogP contribution in [-0.4, -0.2) is 18.3 Å². The second-order valence-electron chi connectivity index (χ2n) is 3.27. The fraction of sp³-hybridized carbons (Fsp3) is 0.400. The van der Waals surface area contributed by atoms with Crippen LogP contribution in [-0.2, 0) is 9.78 Å². The van der Waals surface area contributed by atoms with Crippen molar-refractivity contribution in [3.05, 3.63) is 34.9 Å². The van der Waals surface area contributed by atoms with Crippen LogP contribution >= 0.6 is 11.6 Å². The summed E-state index contributed by atoms with van der Waals surface area (Å²) in [5, 5.41) is 9.73. The molecule has 1 fully saturated rings. The number of halogens is 1. The number of hydrogen-bond donors (Lipinski definition) is 1. The lowest BCUT2D eigenvalue weighted by atomic mass is 9.98. The quantitative estimate of drug-likeness (QED) is 0.765. The zero-order valence-electron chi connectivity index (χ0n) is 7.52. The lowest BCUT2D eigenvalue weighted by Crippen LogP contribution is -2.14. The van der Waals surface area contributed by atoms with E-state index in [0.717, 1.165) is 5.56 Å². The Balaban J connectivity index is 2.26. The van der Waals surface area contributed by atoms with Crippen molar-refractivity contribution in [1.29, 1.82) is 0 Å². The van der Waals surface area contributed by atoms with Gasteiger partial charge in [0.1, 0.15) is 6.10 Å². The summed E-state index contributed by atoms with van der Waals surface area (Å²) in [5.41, 5.74) is 0.866. The van der Waals surface area contributed by atoms with Gasteiger partial charge in [0.05, 0.1) is 13.2 Å². The van der Waals surface area contributed by atoms with E-state index in [0.29, 0.717) is 11.6 Å². The van der Waals surface area contributed by atoms with E-state index in [1.54, 1.807) is 6.07 Å². The molecule has 0 radical (unpaired) electrons. The zero-order valence-corrected chi connectivity index (χ0v) is 8.28. The van der Waals surface area contributed by atoms with Gasteiger partial charge in [0.25, 0.3) is 0 Å². The Morgan fingerprint density at radius 3 is 2.93 bits per heavy atom. The summed E-state index contributed by atoms with van der Waals surface area (Å²) in [5.74, 6) is -0.0325. The van der Waals surface area contributed by atoms with Gasteiger partial charge < -0.3 is 5.11 Å². The minimum absolute atomic E-state index is 0.0325. The van der Waals surface area contributed by atoms with Gasteiger partial charge in [-0.3, -0.25) is 0 Å². The summed E-state index contributed by atoms with van der Waals surface area (Å²) >= 11 is 6.01. The Labute approximate surface area is 87.1 Å². The lowest BCUT2D eigenvalue weighted by molar-refractivity contribution is -0.277. The monoisotopic (exact) mass is 214 g/mol. The topological polar surface area (TPSA) is 38.7 Å². The van der Waals surface area contributed by atoms with Crippen LogP contribution in [0.15, 0.2) is 24.3 Å². The smallest absolute Gasteiger partial charge is 0.127 e. The van der Waals surface area contributed by atoms with Crippen molar-refractivity contribution in [2.45, 2.75) is 6.10 Å². The van der Waals surface area contributed by atoms with Crippen LogP contribution in [0.25, 0.3) is 0 Å². The molecule has 2 atom stereocenters. The average molecular weight is 215 g/mol. The molecule has 0 bridgehead atoms. The maximum absolute atomic E-state index is 9.09. The van der Waals surface area contributed by atoms with Crippen LogP contribution in [0.5, 0.6) is 0 Å². The summed E-state index contributed by atoms with van der Waals surface area (Å²) in [6.45, 7) is 0.447. The third-order valence-electron chi connectivity index (χ3n) is 2.33. The van der Waals surface area contributed by atoms with E-state index >= 15 is 0 Å². The van der Waals surface area contributed by atoms with Crippen LogP contribution < -0.4 is 0 Å². The Morgan fingerprint density at radius 1 is 1.43 bits per heavy atom. The molecule has 0 spiro atoms. The first kappa shape index (κ1) is 9.93. The minimum Gasteiger partial charge on any atom is -0.396 e. The Bertz CT molecular complexity index is 316. The molecule has 1 aromatic carbocycles. The Morgan fingerprint density at radius 2 is 2.21 bits per heavy atom. The molecule has 14 heavy (non-hydrogen) atoms. The molecule has 1 aliphatic rings. The van der Waals surface area contributed by atoms with Gasteiger partial charge in [-0.2, -0.15) is 0 Å². The first-order valence-corrected chi connectivity index (χ1v) is 4.84. The maximum Gasteiger partial charge on any atom is 0.127 e. The molecule has 0 saturated carbocycles. The zero-order chi connectivity index (χ0) is 9.97. The van der Waals surface area contributed by atoms with E-state index in [1.165, 1.54) is 0 Å². The van der Waals surface area contributed by atoms with Gasteiger partial charge in [-0.15, -0.1) is 0 Å². The van der Waals surface area contributed by atoms with Crippen molar-refractivity contribution in [2.24, 2.45) is 5.92 Å². The average Bonchev–Trinajstić information content (AvgIpc) is 2.66. The third kappa shape index (κ3) is 1.77. The molecule has 4 heteroatoms. The normalized spacial score (nSPS) is 26.7. The molecule has 1 aromatic rings. The molecule has 2 rings (SSSR count). The molecule has 1 aliphatic heterocycles. The Kier molecular flexibility index (Phi) is 3.03. The predicted octanol–water partition coefficient (Wildman–Crippen LogP) is 1.95. The first-order valence-electron chi connectivity index (χ1n) is 4.46. The number of hydrogen-bond acceptors (Lipinski definition) is 3. The molecule has 1 N–H and O–H groups in total. The summed E-state index contributed by atoms with van der Waals surface area (Å²) in [4.78, 5) is 9.93. The third-order valence-corrected chi connectivity index (χ3v) is 2.67. The van der Waals surface area contributed by atoms with Crippen molar-refractivity contribution in [1.82, 2.24) is 0 Å². The van der Waals surface area contributed by atoms with Crippen LogP contribution in [0.3, 0.4) is 0 Å². The molecule has 76 valence electrons. The van der Waals surface area contributed by atoms with Crippen LogP contribution in [0.4, 0.5) is 0 Å². The van der Waals surface area contributed by atoms with Crippen molar-refractivity contribution in [3.63, 3.8) is 0 Å². The van der Waals surface area contributed by atoms with Gasteiger partial charge in [0, 0.05) is 16.5 Å². The first-order chi connectivity index (χ1) is 6.83. The van der Waals surface area contributed by atoms with E-state index in [2.05, 4.69) is 0 Å². The lowest BCUT2D eigenvalue weighted by Gasteiger charge is -2.14. The van der Waals surface area contributed by atoms with Crippen molar-refractivity contribution in [3.8, 4) is 0 Å². The van der Waals surface area contributed by atoms with Crippen LogP contribution in [0, 0.1) is 5.92 Å². The maximum atomic E-state index is 9.09. The van der Waals surface area contributed by atoms with E-state index in [1.807, 2.05) is 18.2 Å². The molecule has 2 unspecified atom stereocenters. The second-order valence-corrected chi connectivity index (χ2v) is 3.67. The highest BCUT2D eigenvalue weighted by Crippen LogP contribution is 2.35. The molecular formula is C10H11ClO3. The molecule has 0 aliphatic carbocycles. The molecular weight excluding hydrogens is 204 g/mol. The standard InChI is InChI=1S/C10H11ClO3/c11-9-4-2-1-3-8(9)10-7(5-12)6-13-14-10/h1-4,7,10,12H,5-6H2. The summed E-state index contributed by atoms with van der Waals surface area (Å²) in [7, 11) is 0. The highest BCUT2D eigenvalue weighted by atomic mass is 35.5. The Hall–Kier alpha value is -0.610. The molecule has 1 heterocycles. The van der Waals surface area contributed by atoms with Gasteiger partial charge in [-0.05, 0) is 6.07 Å². The van der Waals surface area contributed by atoms with Gasteiger partial charge in [0.15, 0.2) is 0 Å². The summed E-state index contributed by atoms with van der Waals surface area (Å²) in [6.07, 6.45) is -0.256. The highest BCUT2D eigenvalue weighted by molar-refractivity contribution is 6.31. The summed E-state index contributed by atoms with van der Waals surface area (Å²) in [6, 6.07) is 7.42. The SMILES string of the molecule is OCC1COOC1c1ccccc1Cl. The van der Waals surface area contributed by atoms with E-state index < -0.39 is 0 Å². The van der Waals surface area contributed by atoms with Gasteiger partial charge in [0.2, 0.25) is 0 Å². The molecule has 3 nitrogen and oxygen atoms in total. The largest absolute Gasteiger partial charge is 0.396 e. The number of rotatable bonds is 2. The number of aliphatic hydroxyl groups is 1. The summed E-state index contributed by atoms with van der Waals surface area (Å²) < 4.78 is 0. The number of aliphatic hydroxyl groups excluding tert-OH is 1. The van der Waals surface area contributed by atoms with Gasteiger partial charge >= 0.3 is 0 Å². The van der Waals surface area contributed by atoms with Crippen molar-refractivity contribution in [2.75, 3.05) is 13.2 Å².